The zero-order valence-corrected chi connectivity index (χ0v) is 11.2. The Labute approximate surface area is 115 Å². The standard InChI is InChI=1S/C15H14FNOS/c16-13-6-2-1-5-12(13)15(18)17-9-11-8-10-4-3-7-14(10)19-11/h1-2,5-6,8H,3-4,7,9H2,(H,17,18). The second-order valence-electron chi connectivity index (χ2n) is 4.68. The highest BCUT2D eigenvalue weighted by Crippen LogP contribution is 2.30. The van der Waals surface area contributed by atoms with Crippen LogP contribution in [0.5, 0.6) is 0 Å². The summed E-state index contributed by atoms with van der Waals surface area (Å²) in [5.41, 5.74) is 1.52. The molecule has 1 aliphatic rings. The van der Waals surface area contributed by atoms with Crippen LogP contribution in [0.4, 0.5) is 4.39 Å². The lowest BCUT2D eigenvalue weighted by atomic mass is 10.2. The van der Waals surface area contributed by atoms with Crippen LogP contribution >= 0.6 is 11.3 Å². The molecule has 2 nitrogen and oxygen atoms in total. The van der Waals surface area contributed by atoms with E-state index in [1.807, 2.05) is 0 Å². The molecule has 1 aliphatic carbocycles. The van der Waals surface area contributed by atoms with Crippen molar-refractivity contribution in [2.75, 3.05) is 0 Å². The number of halogens is 1. The lowest BCUT2D eigenvalue weighted by molar-refractivity contribution is 0.0947. The van der Waals surface area contributed by atoms with Gasteiger partial charge in [0.2, 0.25) is 0 Å². The number of rotatable bonds is 3. The third-order valence-corrected chi connectivity index (χ3v) is 4.58. The fourth-order valence-corrected chi connectivity index (χ4v) is 3.59. The topological polar surface area (TPSA) is 29.1 Å². The quantitative estimate of drug-likeness (QED) is 0.915. The summed E-state index contributed by atoms with van der Waals surface area (Å²) >= 11 is 1.75. The van der Waals surface area contributed by atoms with Crippen LogP contribution in [0, 0.1) is 5.82 Å². The van der Waals surface area contributed by atoms with E-state index in [0.29, 0.717) is 6.54 Å². The van der Waals surface area contributed by atoms with E-state index < -0.39 is 5.82 Å². The van der Waals surface area contributed by atoms with E-state index in [4.69, 9.17) is 0 Å². The molecule has 1 aromatic heterocycles. The number of carbonyl (C=O) groups is 1. The molecule has 1 N–H and O–H groups in total. The maximum absolute atomic E-state index is 13.4. The highest BCUT2D eigenvalue weighted by Gasteiger charge is 2.16. The molecule has 1 aromatic carbocycles. The molecule has 4 heteroatoms. The van der Waals surface area contributed by atoms with Crippen molar-refractivity contribution < 1.29 is 9.18 Å². The SMILES string of the molecule is O=C(NCc1cc2c(s1)CCC2)c1ccccc1F. The van der Waals surface area contributed by atoms with E-state index in [9.17, 15) is 9.18 Å². The Morgan fingerprint density at radius 2 is 2.16 bits per heavy atom. The highest BCUT2D eigenvalue weighted by atomic mass is 32.1. The minimum Gasteiger partial charge on any atom is -0.347 e. The molecule has 0 saturated heterocycles. The molecule has 1 heterocycles. The zero-order chi connectivity index (χ0) is 13.2. The first-order chi connectivity index (χ1) is 9.24. The number of fused-ring (bicyclic) bond motifs is 1. The van der Waals surface area contributed by atoms with E-state index in [1.165, 1.54) is 29.0 Å². The van der Waals surface area contributed by atoms with Gasteiger partial charge < -0.3 is 5.32 Å². The number of hydrogen-bond acceptors (Lipinski definition) is 2. The molecule has 19 heavy (non-hydrogen) atoms. The number of carbonyl (C=O) groups excluding carboxylic acids is 1. The number of amides is 1. The molecule has 1 amide bonds. The van der Waals surface area contributed by atoms with Crippen molar-refractivity contribution in [3.05, 3.63) is 57.0 Å². The Morgan fingerprint density at radius 1 is 1.32 bits per heavy atom. The number of aryl methyl sites for hydroxylation is 2. The monoisotopic (exact) mass is 275 g/mol. The lowest BCUT2D eigenvalue weighted by Crippen LogP contribution is -2.23. The summed E-state index contributed by atoms with van der Waals surface area (Å²) < 4.78 is 13.4. The lowest BCUT2D eigenvalue weighted by Gasteiger charge is -2.04. The summed E-state index contributed by atoms with van der Waals surface area (Å²) in [6, 6.07) is 8.20. The summed E-state index contributed by atoms with van der Waals surface area (Å²) in [7, 11) is 0. The average Bonchev–Trinajstić information content (AvgIpc) is 2.97. The first-order valence-electron chi connectivity index (χ1n) is 6.37. The van der Waals surface area contributed by atoms with E-state index >= 15 is 0 Å². The second-order valence-corrected chi connectivity index (χ2v) is 5.90. The summed E-state index contributed by atoms with van der Waals surface area (Å²) in [4.78, 5) is 14.5. The largest absolute Gasteiger partial charge is 0.347 e. The Morgan fingerprint density at radius 3 is 2.95 bits per heavy atom. The van der Waals surface area contributed by atoms with Crippen molar-refractivity contribution in [1.82, 2.24) is 5.32 Å². The van der Waals surface area contributed by atoms with Crippen molar-refractivity contribution in [3.8, 4) is 0 Å². The number of nitrogens with one attached hydrogen (secondary N) is 1. The number of benzene rings is 1. The first kappa shape index (κ1) is 12.4. The van der Waals surface area contributed by atoms with Crippen molar-refractivity contribution in [3.63, 3.8) is 0 Å². The minimum atomic E-state index is -0.478. The molecule has 0 atom stereocenters. The average molecular weight is 275 g/mol. The molecule has 2 aromatic rings. The van der Waals surface area contributed by atoms with Crippen LogP contribution in [0.3, 0.4) is 0 Å². The molecule has 0 radical (unpaired) electrons. The molecular formula is C15H14FNOS. The van der Waals surface area contributed by atoms with Gasteiger partial charge in [-0.2, -0.15) is 0 Å². The summed E-state index contributed by atoms with van der Waals surface area (Å²) in [6.45, 7) is 0.477. The Kier molecular flexibility index (Phi) is 3.34. The third kappa shape index (κ3) is 2.54. The van der Waals surface area contributed by atoms with E-state index in [-0.39, 0.29) is 11.5 Å². The van der Waals surface area contributed by atoms with Gasteiger partial charge in [-0.3, -0.25) is 4.79 Å². The molecule has 0 fully saturated rings. The first-order valence-corrected chi connectivity index (χ1v) is 7.19. The maximum Gasteiger partial charge on any atom is 0.254 e. The van der Waals surface area contributed by atoms with Crippen LogP contribution in [0.1, 0.15) is 32.1 Å². The van der Waals surface area contributed by atoms with E-state index in [2.05, 4.69) is 11.4 Å². The number of thiophene rings is 1. The Bertz CT molecular complexity index is 599. The van der Waals surface area contributed by atoms with Crippen molar-refractivity contribution >= 4 is 17.2 Å². The van der Waals surface area contributed by atoms with Gasteiger partial charge in [0, 0.05) is 9.75 Å². The minimum absolute atomic E-state index is 0.103. The predicted molar refractivity (Wildman–Crippen MR) is 73.9 cm³/mol. The van der Waals surface area contributed by atoms with Crippen molar-refractivity contribution in [2.45, 2.75) is 25.8 Å². The van der Waals surface area contributed by atoms with Gasteiger partial charge in [0.25, 0.3) is 5.91 Å². The van der Waals surface area contributed by atoms with Gasteiger partial charge in [-0.25, -0.2) is 4.39 Å². The van der Waals surface area contributed by atoms with Crippen molar-refractivity contribution in [2.24, 2.45) is 0 Å². The molecule has 3 rings (SSSR count). The smallest absolute Gasteiger partial charge is 0.254 e. The molecule has 0 aliphatic heterocycles. The van der Waals surface area contributed by atoms with Gasteiger partial charge in [0.15, 0.2) is 0 Å². The summed E-state index contributed by atoms with van der Waals surface area (Å²) in [6.07, 6.45) is 3.54. The highest BCUT2D eigenvalue weighted by molar-refractivity contribution is 7.12. The van der Waals surface area contributed by atoms with E-state index in [0.717, 1.165) is 17.7 Å². The van der Waals surface area contributed by atoms with Gasteiger partial charge in [-0.05, 0) is 43.0 Å². The Hall–Kier alpha value is -1.68. The van der Waals surface area contributed by atoms with Gasteiger partial charge in [0.05, 0.1) is 12.1 Å². The van der Waals surface area contributed by atoms with E-state index in [1.54, 1.807) is 23.5 Å². The fourth-order valence-electron chi connectivity index (χ4n) is 2.39. The van der Waals surface area contributed by atoms with Crippen LogP contribution in [0.15, 0.2) is 30.3 Å². The van der Waals surface area contributed by atoms with Crippen molar-refractivity contribution in [1.29, 1.82) is 0 Å². The molecule has 0 bridgehead atoms. The van der Waals surface area contributed by atoms with Crippen LogP contribution < -0.4 is 5.32 Å². The zero-order valence-electron chi connectivity index (χ0n) is 10.4. The summed E-state index contributed by atoms with van der Waals surface area (Å²) in [5, 5.41) is 2.78. The number of hydrogen-bond donors (Lipinski definition) is 1. The van der Waals surface area contributed by atoms with Crippen LogP contribution in [-0.2, 0) is 19.4 Å². The van der Waals surface area contributed by atoms with Crippen LogP contribution in [0.25, 0.3) is 0 Å². The van der Waals surface area contributed by atoms with Gasteiger partial charge in [-0.15, -0.1) is 11.3 Å². The maximum atomic E-state index is 13.4. The third-order valence-electron chi connectivity index (χ3n) is 3.34. The molecule has 0 spiro atoms. The fraction of sp³-hybridized carbons (Fsp3) is 0.267. The van der Waals surface area contributed by atoms with Crippen LogP contribution in [0.2, 0.25) is 0 Å². The summed E-state index contributed by atoms with van der Waals surface area (Å²) in [5.74, 6) is -0.833. The molecule has 0 unspecified atom stereocenters. The normalized spacial score (nSPS) is 13.3. The van der Waals surface area contributed by atoms with Gasteiger partial charge in [-0.1, -0.05) is 12.1 Å². The Balaban J connectivity index is 1.66. The van der Waals surface area contributed by atoms with Crippen LogP contribution in [-0.4, -0.2) is 5.91 Å². The molecule has 0 saturated carbocycles. The molecular weight excluding hydrogens is 261 g/mol. The van der Waals surface area contributed by atoms with Gasteiger partial charge >= 0.3 is 0 Å². The predicted octanol–water partition coefficient (Wildman–Crippen LogP) is 3.31. The van der Waals surface area contributed by atoms with Gasteiger partial charge in [0.1, 0.15) is 5.82 Å². The molecule has 98 valence electrons. The second kappa shape index (κ2) is 5.13.